The van der Waals surface area contributed by atoms with Gasteiger partial charge in [-0.1, -0.05) is 6.07 Å². The summed E-state index contributed by atoms with van der Waals surface area (Å²) in [5, 5.41) is 3.67. The first-order chi connectivity index (χ1) is 9.20. The first-order valence-electron chi connectivity index (χ1n) is 6.20. The summed E-state index contributed by atoms with van der Waals surface area (Å²) in [6.45, 7) is 2.58. The quantitative estimate of drug-likeness (QED) is 0.842. The molecule has 0 spiro atoms. The van der Waals surface area contributed by atoms with Crippen LogP contribution in [0.25, 0.3) is 10.9 Å². The van der Waals surface area contributed by atoms with Crippen molar-refractivity contribution >= 4 is 16.8 Å². The minimum absolute atomic E-state index is 0.170. The molecular formula is C14H17N3O2. The van der Waals surface area contributed by atoms with Crippen molar-refractivity contribution < 1.29 is 9.53 Å². The van der Waals surface area contributed by atoms with E-state index in [4.69, 9.17) is 10.5 Å². The molecule has 1 aromatic heterocycles. The average molecular weight is 259 g/mol. The minimum atomic E-state index is -0.555. The number of benzene rings is 1. The van der Waals surface area contributed by atoms with E-state index in [2.05, 4.69) is 10.3 Å². The fourth-order valence-corrected chi connectivity index (χ4v) is 1.72. The molecule has 0 bridgehead atoms. The molecule has 1 atom stereocenters. The molecule has 0 radical (unpaired) electrons. The lowest BCUT2D eigenvalue weighted by Crippen LogP contribution is -2.38. The molecule has 5 nitrogen and oxygen atoms in total. The molecule has 100 valence electrons. The van der Waals surface area contributed by atoms with Gasteiger partial charge < -0.3 is 15.8 Å². The van der Waals surface area contributed by atoms with Crippen molar-refractivity contribution in [3.8, 4) is 5.75 Å². The van der Waals surface area contributed by atoms with E-state index in [1.54, 1.807) is 13.1 Å². The van der Waals surface area contributed by atoms with E-state index in [0.717, 1.165) is 10.9 Å². The zero-order valence-corrected chi connectivity index (χ0v) is 10.8. The number of nitrogens with zero attached hydrogens (tertiary/aromatic N) is 1. The topological polar surface area (TPSA) is 77.2 Å². The number of carbonyl (C=O) groups is 1. The highest BCUT2D eigenvalue weighted by Crippen LogP contribution is 2.19. The standard InChI is InChI=1S/C14H17N3O2/c1-10(14(18)17-8-6-15)19-12-4-5-13-11(9-12)3-2-7-16-13/h2-5,7,9-10H,6,8,15H2,1H3,(H,17,18). The fourth-order valence-electron chi connectivity index (χ4n) is 1.72. The third kappa shape index (κ3) is 3.42. The molecule has 0 fully saturated rings. The molecule has 1 unspecified atom stereocenters. The number of rotatable bonds is 5. The average Bonchev–Trinajstić information content (AvgIpc) is 2.44. The Bertz CT molecular complexity index is 571. The van der Waals surface area contributed by atoms with Crippen molar-refractivity contribution in [2.45, 2.75) is 13.0 Å². The number of pyridine rings is 1. The fraction of sp³-hybridized carbons (Fsp3) is 0.286. The zero-order valence-electron chi connectivity index (χ0n) is 10.8. The van der Waals surface area contributed by atoms with E-state index in [-0.39, 0.29) is 5.91 Å². The molecule has 3 N–H and O–H groups in total. The lowest BCUT2D eigenvalue weighted by molar-refractivity contribution is -0.127. The number of carbonyl (C=O) groups excluding carboxylic acids is 1. The molecule has 1 amide bonds. The number of hydrogen-bond acceptors (Lipinski definition) is 4. The number of hydrogen-bond donors (Lipinski definition) is 2. The summed E-state index contributed by atoms with van der Waals surface area (Å²) in [4.78, 5) is 15.9. The summed E-state index contributed by atoms with van der Waals surface area (Å²) in [6.07, 6.45) is 1.19. The van der Waals surface area contributed by atoms with Gasteiger partial charge in [-0.2, -0.15) is 0 Å². The maximum absolute atomic E-state index is 11.7. The third-order valence-corrected chi connectivity index (χ3v) is 2.70. The molecule has 2 rings (SSSR count). The van der Waals surface area contributed by atoms with Gasteiger partial charge in [0.05, 0.1) is 5.52 Å². The largest absolute Gasteiger partial charge is 0.481 e. The van der Waals surface area contributed by atoms with Crippen LogP contribution >= 0.6 is 0 Å². The Morgan fingerprint density at radius 2 is 2.32 bits per heavy atom. The van der Waals surface area contributed by atoms with Gasteiger partial charge in [0.2, 0.25) is 0 Å². The van der Waals surface area contributed by atoms with Gasteiger partial charge in [0.25, 0.3) is 5.91 Å². The molecular weight excluding hydrogens is 242 g/mol. The smallest absolute Gasteiger partial charge is 0.260 e. The molecule has 2 aromatic rings. The second-order valence-corrected chi connectivity index (χ2v) is 4.20. The second-order valence-electron chi connectivity index (χ2n) is 4.20. The summed E-state index contributed by atoms with van der Waals surface area (Å²) in [5.74, 6) is 0.479. The summed E-state index contributed by atoms with van der Waals surface area (Å²) in [6, 6.07) is 9.37. The molecule has 1 aromatic carbocycles. The van der Waals surface area contributed by atoms with Gasteiger partial charge in [0.15, 0.2) is 6.10 Å². The maximum Gasteiger partial charge on any atom is 0.260 e. The number of aromatic nitrogens is 1. The molecule has 0 aliphatic heterocycles. The molecule has 0 saturated carbocycles. The van der Waals surface area contributed by atoms with Gasteiger partial charge in [-0.15, -0.1) is 0 Å². The predicted molar refractivity (Wildman–Crippen MR) is 73.9 cm³/mol. The Morgan fingerprint density at radius 1 is 1.47 bits per heavy atom. The normalized spacial score (nSPS) is 12.1. The Kier molecular flexibility index (Phi) is 4.30. The van der Waals surface area contributed by atoms with E-state index in [9.17, 15) is 4.79 Å². The highest BCUT2D eigenvalue weighted by Gasteiger charge is 2.13. The molecule has 1 heterocycles. The lowest BCUT2D eigenvalue weighted by Gasteiger charge is -2.14. The highest BCUT2D eigenvalue weighted by atomic mass is 16.5. The van der Waals surface area contributed by atoms with Gasteiger partial charge in [0, 0.05) is 24.7 Å². The Balaban J connectivity index is 2.06. The van der Waals surface area contributed by atoms with Crippen LogP contribution in [0.1, 0.15) is 6.92 Å². The Morgan fingerprint density at radius 3 is 3.11 bits per heavy atom. The predicted octanol–water partition coefficient (Wildman–Crippen LogP) is 1.08. The second kappa shape index (κ2) is 6.15. The van der Waals surface area contributed by atoms with Gasteiger partial charge in [-0.05, 0) is 31.2 Å². The van der Waals surface area contributed by atoms with Gasteiger partial charge in [-0.3, -0.25) is 9.78 Å². The number of nitrogens with one attached hydrogen (secondary N) is 1. The zero-order chi connectivity index (χ0) is 13.7. The van der Waals surface area contributed by atoms with Crippen LogP contribution < -0.4 is 15.8 Å². The molecule has 19 heavy (non-hydrogen) atoms. The summed E-state index contributed by atoms with van der Waals surface area (Å²) >= 11 is 0. The molecule has 0 aliphatic rings. The monoisotopic (exact) mass is 259 g/mol. The first-order valence-corrected chi connectivity index (χ1v) is 6.20. The van der Waals surface area contributed by atoms with E-state index in [0.29, 0.717) is 18.8 Å². The number of nitrogens with two attached hydrogens (primary N) is 1. The van der Waals surface area contributed by atoms with Crippen LogP contribution in [-0.2, 0) is 4.79 Å². The van der Waals surface area contributed by atoms with Crippen LogP contribution in [0, 0.1) is 0 Å². The van der Waals surface area contributed by atoms with E-state index in [1.807, 2.05) is 30.3 Å². The van der Waals surface area contributed by atoms with Gasteiger partial charge in [0.1, 0.15) is 5.75 Å². The van der Waals surface area contributed by atoms with E-state index in [1.165, 1.54) is 0 Å². The van der Waals surface area contributed by atoms with Gasteiger partial charge >= 0.3 is 0 Å². The first kappa shape index (κ1) is 13.3. The van der Waals surface area contributed by atoms with E-state index >= 15 is 0 Å². The highest BCUT2D eigenvalue weighted by molar-refractivity contribution is 5.82. The van der Waals surface area contributed by atoms with Crippen molar-refractivity contribution in [1.82, 2.24) is 10.3 Å². The van der Waals surface area contributed by atoms with Crippen LogP contribution in [0.15, 0.2) is 36.5 Å². The van der Waals surface area contributed by atoms with Crippen molar-refractivity contribution in [3.05, 3.63) is 36.5 Å². The van der Waals surface area contributed by atoms with Crippen LogP contribution in [0.4, 0.5) is 0 Å². The molecule has 5 heteroatoms. The van der Waals surface area contributed by atoms with Crippen molar-refractivity contribution in [1.29, 1.82) is 0 Å². The minimum Gasteiger partial charge on any atom is -0.481 e. The maximum atomic E-state index is 11.7. The number of amides is 1. The summed E-state index contributed by atoms with van der Waals surface area (Å²) in [5.41, 5.74) is 6.23. The van der Waals surface area contributed by atoms with Crippen molar-refractivity contribution in [2.24, 2.45) is 5.73 Å². The van der Waals surface area contributed by atoms with Crippen LogP contribution in [0.2, 0.25) is 0 Å². The summed E-state index contributed by atoms with van der Waals surface area (Å²) in [7, 11) is 0. The van der Waals surface area contributed by atoms with Crippen LogP contribution in [0.3, 0.4) is 0 Å². The molecule has 0 aliphatic carbocycles. The molecule has 0 saturated heterocycles. The Labute approximate surface area is 111 Å². The number of ether oxygens (including phenoxy) is 1. The van der Waals surface area contributed by atoms with E-state index < -0.39 is 6.10 Å². The third-order valence-electron chi connectivity index (χ3n) is 2.70. The lowest BCUT2D eigenvalue weighted by atomic mass is 10.2. The summed E-state index contributed by atoms with van der Waals surface area (Å²) < 4.78 is 5.60. The number of fused-ring (bicyclic) bond motifs is 1. The van der Waals surface area contributed by atoms with Gasteiger partial charge in [-0.25, -0.2) is 0 Å². The van der Waals surface area contributed by atoms with Crippen LogP contribution in [0.5, 0.6) is 5.75 Å². The Hall–Kier alpha value is -2.14. The van der Waals surface area contributed by atoms with Crippen molar-refractivity contribution in [2.75, 3.05) is 13.1 Å². The SMILES string of the molecule is CC(Oc1ccc2ncccc2c1)C(=O)NCCN. The van der Waals surface area contributed by atoms with Crippen molar-refractivity contribution in [3.63, 3.8) is 0 Å². The van der Waals surface area contributed by atoms with Crippen LogP contribution in [-0.4, -0.2) is 30.1 Å².